The number of aliphatic hydroxyl groups is 1. The molecule has 1 aliphatic heterocycles. The zero-order valence-electron chi connectivity index (χ0n) is 24.7. The molecule has 2 N–H and O–H groups in total. The molecule has 1 amide bonds. The third-order valence-corrected chi connectivity index (χ3v) is 7.11. The minimum Gasteiger partial charge on any atom is -0.494 e. The van der Waals surface area contributed by atoms with Gasteiger partial charge < -0.3 is 24.6 Å². The number of hydrogen-bond donors (Lipinski definition) is 2. The van der Waals surface area contributed by atoms with Gasteiger partial charge in [-0.05, 0) is 56.9 Å². The summed E-state index contributed by atoms with van der Waals surface area (Å²) in [5.74, 6) is -1.89. The first-order valence-corrected chi connectivity index (χ1v) is 14.3. The Balaban J connectivity index is 1.48. The van der Waals surface area contributed by atoms with Crippen LogP contribution in [0.3, 0.4) is 0 Å². The second-order valence-corrected chi connectivity index (χ2v) is 11.0. The van der Waals surface area contributed by atoms with Crippen LogP contribution in [0.15, 0.2) is 42.5 Å². The predicted octanol–water partition coefficient (Wildman–Crippen LogP) is 5.09. The van der Waals surface area contributed by atoms with Crippen molar-refractivity contribution in [2.75, 3.05) is 18.5 Å². The summed E-state index contributed by atoms with van der Waals surface area (Å²) in [6.45, 7) is 7.16. The molecule has 5 rings (SSSR count). The van der Waals surface area contributed by atoms with Gasteiger partial charge in [0.1, 0.15) is 5.75 Å². The fourth-order valence-corrected chi connectivity index (χ4v) is 5.21. The number of amides is 1. The summed E-state index contributed by atoms with van der Waals surface area (Å²) in [4.78, 5) is 30.2. The minimum atomic E-state index is -1.68. The minimum absolute atomic E-state index is 0.212. The zero-order valence-corrected chi connectivity index (χ0v) is 24.7. The second-order valence-electron chi connectivity index (χ2n) is 11.0. The lowest BCUT2D eigenvalue weighted by Crippen LogP contribution is -2.28. The van der Waals surface area contributed by atoms with E-state index in [4.69, 9.17) is 14.2 Å². The van der Waals surface area contributed by atoms with Crippen LogP contribution in [0, 0.1) is 19.7 Å². The summed E-state index contributed by atoms with van der Waals surface area (Å²) in [5.41, 5.74) is 3.87. The number of halogens is 1. The van der Waals surface area contributed by atoms with Gasteiger partial charge in [0, 0.05) is 48.7 Å². The first kappa shape index (κ1) is 30.0. The average Bonchev–Trinajstić information content (AvgIpc) is 3.34. The van der Waals surface area contributed by atoms with Crippen molar-refractivity contribution in [3.63, 3.8) is 0 Å². The molecule has 43 heavy (non-hydrogen) atoms. The molecule has 2 aromatic carbocycles. The van der Waals surface area contributed by atoms with Gasteiger partial charge in [-0.1, -0.05) is 18.2 Å². The SMILES string of the molecule is Cc1nc2cc(NC(=O)CCCOc3ccccc3)nn2c(-c2cc(F)c3c(c2C)CCCO3)c1CC(=O)OC(C)(C)O. The van der Waals surface area contributed by atoms with Crippen LogP contribution >= 0.6 is 0 Å². The number of benzene rings is 2. The third-order valence-electron chi connectivity index (χ3n) is 7.11. The fraction of sp³-hybridized carbons (Fsp3) is 0.375. The molecule has 10 nitrogen and oxygen atoms in total. The number of rotatable bonds is 10. The molecule has 0 radical (unpaired) electrons. The number of ether oxygens (including phenoxy) is 3. The predicted molar refractivity (Wildman–Crippen MR) is 158 cm³/mol. The maximum Gasteiger partial charge on any atom is 0.312 e. The van der Waals surface area contributed by atoms with Crippen LogP contribution in [0.1, 0.15) is 55.5 Å². The van der Waals surface area contributed by atoms with Crippen molar-refractivity contribution in [3.8, 4) is 22.8 Å². The quantitative estimate of drug-likeness (QED) is 0.149. The number of anilines is 1. The number of aryl methyl sites for hydroxylation is 1. The van der Waals surface area contributed by atoms with E-state index in [1.807, 2.05) is 37.3 Å². The second kappa shape index (κ2) is 12.4. The van der Waals surface area contributed by atoms with Crippen molar-refractivity contribution < 1.29 is 33.3 Å². The van der Waals surface area contributed by atoms with Crippen molar-refractivity contribution in [3.05, 3.63) is 70.7 Å². The molecule has 1 aliphatic rings. The lowest BCUT2D eigenvalue weighted by atomic mass is 9.91. The van der Waals surface area contributed by atoms with E-state index in [1.165, 1.54) is 24.4 Å². The average molecular weight is 591 g/mol. The summed E-state index contributed by atoms with van der Waals surface area (Å²) >= 11 is 0. The van der Waals surface area contributed by atoms with E-state index in [9.17, 15) is 14.7 Å². The Labute approximate surface area is 248 Å². The van der Waals surface area contributed by atoms with Crippen molar-refractivity contribution in [1.82, 2.24) is 14.6 Å². The molecule has 226 valence electrons. The molecule has 0 spiro atoms. The summed E-state index contributed by atoms with van der Waals surface area (Å²) in [5, 5.41) is 17.5. The molecule has 0 unspecified atom stereocenters. The highest BCUT2D eigenvalue weighted by molar-refractivity contribution is 5.90. The molecule has 0 saturated carbocycles. The lowest BCUT2D eigenvalue weighted by Gasteiger charge is -2.24. The van der Waals surface area contributed by atoms with Gasteiger partial charge >= 0.3 is 5.97 Å². The Morgan fingerprint density at radius 3 is 2.70 bits per heavy atom. The van der Waals surface area contributed by atoms with E-state index in [0.29, 0.717) is 54.2 Å². The summed E-state index contributed by atoms with van der Waals surface area (Å²) < 4.78 is 33.4. The van der Waals surface area contributed by atoms with Crippen LogP contribution in [-0.4, -0.2) is 50.6 Å². The van der Waals surface area contributed by atoms with E-state index in [1.54, 1.807) is 13.0 Å². The molecular formula is C32H35FN4O6. The van der Waals surface area contributed by atoms with Crippen LogP contribution < -0.4 is 14.8 Å². The van der Waals surface area contributed by atoms with E-state index in [0.717, 1.165) is 23.3 Å². The third kappa shape index (κ3) is 6.94. The maximum absolute atomic E-state index is 15.4. The topological polar surface area (TPSA) is 124 Å². The Hall–Kier alpha value is -4.51. The number of para-hydroxylation sites is 1. The molecule has 4 aromatic rings. The number of nitrogens with zero attached hydrogens (tertiary/aromatic N) is 3. The molecule has 0 bridgehead atoms. The first-order chi connectivity index (χ1) is 20.5. The standard InChI is InChI=1S/C32H35FN4O6/c1-19-22-12-8-15-42-31(22)25(33)16-23(19)30-24(17-29(39)43-32(3,4)40)20(2)34-27-18-26(36-37(27)30)35-28(38)13-9-14-41-21-10-6-5-7-11-21/h5-7,10-11,16,18,40H,8-9,12-15,17H2,1-4H3,(H,35,36,38). The van der Waals surface area contributed by atoms with Crippen molar-refractivity contribution in [2.45, 2.75) is 65.6 Å². The summed E-state index contributed by atoms with van der Waals surface area (Å²) in [7, 11) is 0. The summed E-state index contributed by atoms with van der Waals surface area (Å²) in [6, 6.07) is 12.4. The largest absolute Gasteiger partial charge is 0.494 e. The van der Waals surface area contributed by atoms with Gasteiger partial charge in [-0.2, -0.15) is 0 Å². The van der Waals surface area contributed by atoms with Crippen molar-refractivity contribution in [1.29, 1.82) is 0 Å². The van der Waals surface area contributed by atoms with Gasteiger partial charge in [-0.15, -0.1) is 5.10 Å². The van der Waals surface area contributed by atoms with Crippen LogP contribution in [0.2, 0.25) is 0 Å². The number of aromatic nitrogens is 3. The Morgan fingerprint density at radius 1 is 1.19 bits per heavy atom. The Morgan fingerprint density at radius 2 is 1.95 bits per heavy atom. The number of carbonyl (C=O) groups excluding carboxylic acids is 2. The molecule has 11 heteroatoms. The lowest BCUT2D eigenvalue weighted by molar-refractivity contribution is -0.194. The molecule has 0 atom stereocenters. The Kier molecular flexibility index (Phi) is 8.63. The number of esters is 1. The fourth-order valence-electron chi connectivity index (χ4n) is 5.21. The van der Waals surface area contributed by atoms with Gasteiger partial charge in [0.2, 0.25) is 11.7 Å². The van der Waals surface area contributed by atoms with E-state index < -0.39 is 17.6 Å². The van der Waals surface area contributed by atoms with Gasteiger partial charge in [0.15, 0.2) is 23.0 Å². The molecule has 0 fully saturated rings. The highest BCUT2D eigenvalue weighted by Gasteiger charge is 2.27. The number of hydrogen-bond acceptors (Lipinski definition) is 8. The highest BCUT2D eigenvalue weighted by atomic mass is 19.1. The molecule has 3 heterocycles. The van der Waals surface area contributed by atoms with Gasteiger partial charge in [-0.3, -0.25) is 9.59 Å². The van der Waals surface area contributed by atoms with Crippen LogP contribution in [0.4, 0.5) is 10.2 Å². The summed E-state index contributed by atoms with van der Waals surface area (Å²) in [6.07, 6.45) is 1.86. The van der Waals surface area contributed by atoms with Gasteiger partial charge in [-0.25, -0.2) is 13.9 Å². The normalized spacial score (nSPS) is 12.9. The number of fused-ring (bicyclic) bond motifs is 2. The molecule has 0 saturated heterocycles. The van der Waals surface area contributed by atoms with E-state index >= 15 is 4.39 Å². The number of carbonyl (C=O) groups is 2. The van der Waals surface area contributed by atoms with Gasteiger partial charge in [0.05, 0.1) is 25.3 Å². The van der Waals surface area contributed by atoms with Gasteiger partial charge in [0.25, 0.3) is 0 Å². The molecule has 2 aromatic heterocycles. The van der Waals surface area contributed by atoms with Crippen molar-refractivity contribution >= 4 is 23.3 Å². The smallest absolute Gasteiger partial charge is 0.312 e. The maximum atomic E-state index is 15.4. The molecule has 0 aliphatic carbocycles. The molecular weight excluding hydrogens is 555 g/mol. The highest BCUT2D eigenvalue weighted by Crippen LogP contribution is 2.39. The van der Waals surface area contributed by atoms with Crippen molar-refractivity contribution in [2.24, 2.45) is 0 Å². The zero-order chi connectivity index (χ0) is 30.7. The Bertz CT molecular complexity index is 1660. The first-order valence-electron chi connectivity index (χ1n) is 14.3. The van der Waals surface area contributed by atoms with Crippen LogP contribution in [0.25, 0.3) is 16.9 Å². The monoisotopic (exact) mass is 590 g/mol. The van der Waals surface area contributed by atoms with E-state index in [-0.39, 0.29) is 30.3 Å². The number of nitrogens with one attached hydrogen (secondary N) is 1. The van der Waals surface area contributed by atoms with E-state index in [2.05, 4.69) is 15.4 Å². The van der Waals surface area contributed by atoms with Crippen LogP contribution in [0.5, 0.6) is 11.5 Å². The van der Waals surface area contributed by atoms with Crippen LogP contribution in [-0.2, 0) is 27.2 Å².